The van der Waals surface area contributed by atoms with Gasteiger partial charge in [0.05, 0.1) is 11.1 Å². The Hall–Kier alpha value is -2.69. The van der Waals surface area contributed by atoms with Crippen LogP contribution in [0.15, 0.2) is 48.7 Å². The molecule has 1 aromatic heterocycles. The molecule has 20 heavy (non-hydrogen) atoms. The predicted octanol–water partition coefficient (Wildman–Crippen LogP) is 3.61. The zero-order chi connectivity index (χ0) is 14.3. The summed E-state index contributed by atoms with van der Waals surface area (Å²) in [4.78, 5) is 10.9. The molecule has 0 atom stereocenters. The van der Waals surface area contributed by atoms with Crippen LogP contribution in [0.4, 0.5) is 8.78 Å². The van der Waals surface area contributed by atoms with Gasteiger partial charge < -0.3 is 9.67 Å². The summed E-state index contributed by atoms with van der Waals surface area (Å²) in [6, 6.07) is 10.0. The molecule has 3 nitrogen and oxygen atoms in total. The molecular formula is C15H9F2NO2. The quantitative estimate of drug-likeness (QED) is 0.775. The summed E-state index contributed by atoms with van der Waals surface area (Å²) >= 11 is 0. The van der Waals surface area contributed by atoms with E-state index in [2.05, 4.69) is 0 Å². The number of carboxylic acids is 1. The zero-order valence-corrected chi connectivity index (χ0v) is 10.2. The third-order valence-corrected chi connectivity index (χ3v) is 3.14. The molecule has 1 heterocycles. The van der Waals surface area contributed by atoms with Gasteiger partial charge in [-0.25, -0.2) is 13.6 Å². The van der Waals surface area contributed by atoms with Crippen molar-refractivity contribution in [2.24, 2.45) is 0 Å². The van der Waals surface area contributed by atoms with Crippen molar-refractivity contribution >= 4 is 16.9 Å². The highest BCUT2D eigenvalue weighted by molar-refractivity contribution is 5.94. The molecule has 100 valence electrons. The Kier molecular flexibility index (Phi) is 2.75. The average Bonchev–Trinajstić information content (AvgIpc) is 2.84. The average molecular weight is 273 g/mol. The number of carboxylic acid groups (broad SMARTS) is 1. The number of nitrogens with zero attached hydrogens (tertiary/aromatic N) is 1. The zero-order valence-electron chi connectivity index (χ0n) is 10.2. The summed E-state index contributed by atoms with van der Waals surface area (Å²) in [5.41, 5.74) is 0.831. The van der Waals surface area contributed by atoms with E-state index in [1.165, 1.54) is 30.3 Å². The lowest BCUT2D eigenvalue weighted by molar-refractivity contribution is 0.0692. The number of benzene rings is 2. The fraction of sp³-hybridized carbons (Fsp3) is 0. The standard InChI is InChI=1S/C15H9F2NO2/c16-9-1-3-10(4-2-9)18-8-7-11-13(18)6-5-12(14(11)17)15(19)20/h1-8H,(H,19,20). The number of aromatic nitrogens is 1. The van der Waals surface area contributed by atoms with Crippen LogP contribution in [0.3, 0.4) is 0 Å². The first-order valence-corrected chi connectivity index (χ1v) is 5.87. The molecule has 0 saturated carbocycles. The van der Waals surface area contributed by atoms with Crippen LogP contribution in [0.2, 0.25) is 0 Å². The van der Waals surface area contributed by atoms with Crippen molar-refractivity contribution in [3.05, 3.63) is 65.9 Å². The van der Waals surface area contributed by atoms with Crippen molar-refractivity contribution in [2.75, 3.05) is 0 Å². The van der Waals surface area contributed by atoms with Crippen molar-refractivity contribution in [3.63, 3.8) is 0 Å². The fourth-order valence-corrected chi connectivity index (χ4v) is 2.17. The van der Waals surface area contributed by atoms with Gasteiger partial charge in [0.1, 0.15) is 11.6 Å². The largest absolute Gasteiger partial charge is 0.478 e. The van der Waals surface area contributed by atoms with Gasteiger partial charge in [-0.3, -0.25) is 0 Å². The lowest BCUT2D eigenvalue weighted by Gasteiger charge is -2.06. The minimum atomic E-state index is -1.31. The van der Waals surface area contributed by atoms with Gasteiger partial charge in [-0.2, -0.15) is 0 Å². The van der Waals surface area contributed by atoms with Crippen LogP contribution in [-0.2, 0) is 0 Å². The number of halogens is 2. The summed E-state index contributed by atoms with van der Waals surface area (Å²) in [6.07, 6.45) is 1.62. The monoisotopic (exact) mass is 273 g/mol. The lowest BCUT2D eigenvalue weighted by atomic mass is 10.1. The molecule has 5 heteroatoms. The van der Waals surface area contributed by atoms with Gasteiger partial charge in [0, 0.05) is 17.3 Å². The molecule has 3 rings (SSSR count). The molecular weight excluding hydrogens is 264 g/mol. The number of rotatable bonds is 2. The van der Waals surface area contributed by atoms with E-state index in [1.807, 2.05) is 0 Å². The van der Waals surface area contributed by atoms with Crippen molar-refractivity contribution in [3.8, 4) is 5.69 Å². The van der Waals surface area contributed by atoms with E-state index in [9.17, 15) is 13.6 Å². The highest BCUT2D eigenvalue weighted by Crippen LogP contribution is 2.25. The van der Waals surface area contributed by atoms with Gasteiger partial charge in [0.25, 0.3) is 0 Å². The van der Waals surface area contributed by atoms with Crippen molar-refractivity contribution in [2.45, 2.75) is 0 Å². The molecule has 0 amide bonds. The van der Waals surface area contributed by atoms with Crippen molar-refractivity contribution in [1.82, 2.24) is 4.57 Å². The van der Waals surface area contributed by atoms with Crippen LogP contribution < -0.4 is 0 Å². The van der Waals surface area contributed by atoms with E-state index in [1.54, 1.807) is 22.9 Å². The van der Waals surface area contributed by atoms with Crippen LogP contribution >= 0.6 is 0 Å². The Morgan fingerprint density at radius 1 is 1.00 bits per heavy atom. The number of hydrogen-bond acceptors (Lipinski definition) is 1. The number of aromatic carboxylic acids is 1. The van der Waals surface area contributed by atoms with Crippen molar-refractivity contribution in [1.29, 1.82) is 0 Å². The molecule has 0 aliphatic rings. The summed E-state index contributed by atoms with van der Waals surface area (Å²) in [6.45, 7) is 0. The van der Waals surface area contributed by atoms with E-state index in [-0.39, 0.29) is 16.8 Å². The van der Waals surface area contributed by atoms with Crippen LogP contribution in [-0.4, -0.2) is 15.6 Å². The molecule has 0 unspecified atom stereocenters. The van der Waals surface area contributed by atoms with Crippen LogP contribution in [0.5, 0.6) is 0 Å². The molecule has 0 radical (unpaired) electrons. The maximum atomic E-state index is 14.1. The molecule has 0 bridgehead atoms. The Morgan fingerprint density at radius 3 is 2.35 bits per heavy atom. The Balaban J connectivity index is 2.22. The van der Waals surface area contributed by atoms with Gasteiger partial charge in [0.15, 0.2) is 0 Å². The minimum Gasteiger partial charge on any atom is -0.478 e. The maximum absolute atomic E-state index is 14.1. The van der Waals surface area contributed by atoms with E-state index in [4.69, 9.17) is 5.11 Å². The molecule has 1 N–H and O–H groups in total. The van der Waals surface area contributed by atoms with Gasteiger partial charge in [-0.1, -0.05) is 0 Å². The Bertz CT molecular complexity index is 807. The SMILES string of the molecule is O=C(O)c1ccc2c(ccn2-c2ccc(F)cc2)c1F. The second-order valence-electron chi connectivity index (χ2n) is 4.33. The summed E-state index contributed by atoms with van der Waals surface area (Å²) < 4.78 is 28.6. The van der Waals surface area contributed by atoms with Gasteiger partial charge in [-0.05, 0) is 42.5 Å². The van der Waals surface area contributed by atoms with Gasteiger partial charge in [-0.15, -0.1) is 0 Å². The summed E-state index contributed by atoms with van der Waals surface area (Å²) in [7, 11) is 0. The van der Waals surface area contributed by atoms with Gasteiger partial charge >= 0.3 is 5.97 Å². The minimum absolute atomic E-state index is 0.217. The van der Waals surface area contributed by atoms with Crippen LogP contribution in [0.1, 0.15) is 10.4 Å². The topological polar surface area (TPSA) is 42.2 Å². The molecule has 0 aliphatic heterocycles. The molecule has 0 aliphatic carbocycles. The van der Waals surface area contributed by atoms with E-state index >= 15 is 0 Å². The second kappa shape index (κ2) is 4.45. The third-order valence-electron chi connectivity index (χ3n) is 3.14. The normalized spacial score (nSPS) is 10.9. The predicted molar refractivity (Wildman–Crippen MR) is 70.2 cm³/mol. The smallest absolute Gasteiger partial charge is 0.338 e. The van der Waals surface area contributed by atoms with Crippen molar-refractivity contribution < 1.29 is 18.7 Å². The van der Waals surface area contributed by atoms with Crippen LogP contribution in [0.25, 0.3) is 16.6 Å². The fourth-order valence-electron chi connectivity index (χ4n) is 2.17. The summed E-state index contributed by atoms with van der Waals surface area (Å²) in [5.74, 6) is -2.43. The van der Waals surface area contributed by atoms with E-state index in [0.29, 0.717) is 11.2 Å². The molecule has 0 fully saturated rings. The lowest BCUT2D eigenvalue weighted by Crippen LogP contribution is -2.01. The van der Waals surface area contributed by atoms with Crippen LogP contribution in [0, 0.1) is 11.6 Å². The highest BCUT2D eigenvalue weighted by atomic mass is 19.1. The molecule has 0 spiro atoms. The second-order valence-corrected chi connectivity index (χ2v) is 4.33. The number of carbonyl (C=O) groups is 1. The third kappa shape index (κ3) is 1.84. The first-order valence-electron chi connectivity index (χ1n) is 5.87. The Labute approximate surface area is 112 Å². The number of hydrogen-bond donors (Lipinski definition) is 1. The van der Waals surface area contributed by atoms with Gasteiger partial charge in [0.2, 0.25) is 0 Å². The number of fused-ring (bicyclic) bond motifs is 1. The highest BCUT2D eigenvalue weighted by Gasteiger charge is 2.15. The van der Waals surface area contributed by atoms with E-state index < -0.39 is 11.8 Å². The Morgan fingerprint density at radius 2 is 1.70 bits per heavy atom. The van der Waals surface area contributed by atoms with E-state index in [0.717, 1.165) is 0 Å². The molecule has 0 saturated heterocycles. The first kappa shape index (κ1) is 12.3. The molecule has 3 aromatic rings. The molecule has 2 aromatic carbocycles. The maximum Gasteiger partial charge on any atom is 0.338 e. The first-order chi connectivity index (χ1) is 9.58. The summed E-state index contributed by atoms with van der Waals surface area (Å²) in [5, 5.41) is 9.11.